The molecule has 0 aliphatic heterocycles. The smallest absolute Gasteiger partial charge is 0.277 e. The number of carbonyl (C=O) groups is 1. The molecule has 6 nitrogen and oxygen atoms in total. The highest BCUT2D eigenvalue weighted by atomic mass is 32.1. The Bertz CT molecular complexity index is 1100. The van der Waals surface area contributed by atoms with Crippen molar-refractivity contribution >= 4 is 33.3 Å². The number of pyridine rings is 1. The topological polar surface area (TPSA) is 72.7 Å². The van der Waals surface area contributed by atoms with Crippen LogP contribution >= 0.6 is 11.3 Å². The van der Waals surface area contributed by atoms with Crippen LogP contribution in [0.15, 0.2) is 48.5 Å². The van der Waals surface area contributed by atoms with Gasteiger partial charge in [0.2, 0.25) is 5.13 Å². The summed E-state index contributed by atoms with van der Waals surface area (Å²) in [4.78, 5) is 21.7. The molecule has 4 aromatic rings. The average Bonchev–Trinajstić information content (AvgIpc) is 3.26. The highest BCUT2D eigenvalue weighted by Crippen LogP contribution is 2.28. The number of hydrogen-bond acceptors (Lipinski definition) is 5. The summed E-state index contributed by atoms with van der Waals surface area (Å²) in [6, 6.07) is 15.3. The minimum atomic E-state index is -0.283. The summed E-state index contributed by atoms with van der Waals surface area (Å²) < 4.78 is 2.86. The molecule has 3 aromatic heterocycles. The predicted molar refractivity (Wildman–Crippen MR) is 108 cm³/mol. The number of thiazole rings is 1. The lowest BCUT2D eigenvalue weighted by Gasteiger charge is -2.05. The molecule has 0 atom stereocenters. The standard InChI is InChI=1S/C20H19N5OS/c1-12(2)16-11-15(19(26)23-18-10-6-7-13(3)21-18)24-25(16)20-22-14-8-4-5-9-17(14)27-20/h4-12H,1-3H3,(H,21,23,26). The van der Waals surface area contributed by atoms with Crippen LogP contribution in [-0.4, -0.2) is 25.7 Å². The Labute approximate surface area is 160 Å². The van der Waals surface area contributed by atoms with Gasteiger partial charge in [0.25, 0.3) is 5.91 Å². The van der Waals surface area contributed by atoms with Crippen LogP contribution in [0.1, 0.15) is 41.6 Å². The summed E-state index contributed by atoms with van der Waals surface area (Å²) in [7, 11) is 0. The lowest BCUT2D eigenvalue weighted by molar-refractivity contribution is 0.102. The molecule has 3 heterocycles. The number of amides is 1. The number of aryl methyl sites for hydroxylation is 1. The highest BCUT2D eigenvalue weighted by molar-refractivity contribution is 7.20. The van der Waals surface area contributed by atoms with Gasteiger partial charge in [-0.15, -0.1) is 0 Å². The van der Waals surface area contributed by atoms with E-state index >= 15 is 0 Å². The minimum Gasteiger partial charge on any atom is -0.305 e. The molecule has 4 rings (SSSR count). The Balaban J connectivity index is 1.71. The van der Waals surface area contributed by atoms with Crippen molar-refractivity contribution in [3.8, 4) is 5.13 Å². The Morgan fingerprint density at radius 3 is 2.67 bits per heavy atom. The van der Waals surface area contributed by atoms with Crippen LogP contribution < -0.4 is 5.32 Å². The van der Waals surface area contributed by atoms with Gasteiger partial charge in [0.15, 0.2) is 5.69 Å². The second-order valence-corrected chi connectivity index (χ2v) is 7.61. The first-order chi connectivity index (χ1) is 13.0. The molecule has 0 fully saturated rings. The zero-order chi connectivity index (χ0) is 19.0. The number of fused-ring (bicyclic) bond motifs is 1. The molecule has 0 radical (unpaired) electrons. The van der Waals surface area contributed by atoms with Crippen molar-refractivity contribution in [3.63, 3.8) is 0 Å². The zero-order valence-corrected chi connectivity index (χ0v) is 16.1. The van der Waals surface area contributed by atoms with E-state index in [4.69, 9.17) is 0 Å². The number of anilines is 1. The van der Waals surface area contributed by atoms with Crippen molar-refractivity contribution < 1.29 is 4.79 Å². The predicted octanol–water partition coefficient (Wildman–Crippen LogP) is 4.56. The number of hydrogen-bond donors (Lipinski definition) is 1. The first-order valence-corrected chi connectivity index (χ1v) is 9.54. The molecule has 0 spiro atoms. The van der Waals surface area contributed by atoms with Crippen LogP contribution in [0, 0.1) is 6.92 Å². The molecule has 27 heavy (non-hydrogen) atoms. The number of para-hydroxylation sites is 1. The van der Waals surface area contributed by atoms with Crippen molar-refractivity contribution in [2.24, 2.45) is 0 Å². The zero-order valence-electron chi connectivity index (χ0n) is 15.3. The highest BCUT2D eigenvalue weighted by Gasteiger charge is 2.20. The fourth-order valence-electron chi connectivity index (χ4n) is 2.81. The van der Waals surface area contributed by atoms with Crippen molar-refractivity contribution in [1.29, 1.82) is 0 Å². The number of rotatable bonds is 4. The Kier molecular flexibility index (Phi) is 4.45. The van der Waals surface area contributed by atoms with E-state index in [1.54, 1.807) is 22.1 Å². The van der Waals surface area contributed by atoms with Crippen LogP contribution in [0.3, 0.4) is 0 Å². The molecule has 1 aromatic carbocycles. The quantitative estimate of drug-likeness (QED) is 0.566. The van der Waals surface area contributed by atoms with E-state index in [0.29, 0.717) is 11.5 Å². The van der Waals surface area contributed by atoms with E-state index in [9.17, 15) is 4.79 Å². The Hall–Kier alpha value is -3.06. The van der Waals surface area contributed by atoms with Gasteiger partial charge < -0.3 is 5.32 Å². The summed E-state index contributed by atoms with van der Waals surface area (Å²) >= 11 is 1.56. The Morgan fingerprint density at radius 2 is 1.93 bits per heavy atom. The first-order valence-electron chi connectivity index (χ1n) is 8.72. The van der Waals surface area contributed by atoms with Crippen LogP contribution in [0.2, 0.25) is 0 Å². The van der Waals surface area contributed by atoms with Gasteiger partial charge in [-0.05, 0) is 43.2 Å². The van der Waals surface area contributed by atoms with Gasteiger partial charge in [-0.2, -0.15) is 5.10 Å². The van der Waals surface area contributed by atoms with Gasteiger partial charge in [-0.1, -0.05) is 43.4 Å². The number of nitrogens with one attached hydrogen (secondary N) is 1. The molecule has 7 heteroatoms. The van der Waals surface area contributed by atoms with Gasteiger partial charge in [0, 0.05) is 5.69 Å². The largest absolute Gasteiger partial charge is 0.305 e. The number of nitrogens with zero attached hydrogens (tertiary/aromatic N) is 4. The summed E-state index contributed by atoms with van der Waals surface area (Å²) in [6.07, 6.45) is 0. The van der Waals surface area contributed by atoms with Gasteiger partial charge >= 0.3 is 0 Å². The molecule has 0 aliphatic carbocycles. The molecule has 136 valence electrons. The maximum Gasteiger partial charge on any atom is 0.277 e. The molecule has 0 unspecified atom stereocenters. The van der Waals surface area contributed by atoms with E-state index < -0.39 is 0 Å². The van der Waals surface area contributed by atoms with E-state index in [-0.39, 0.29) is 11.8 Å². The third-order valence-corrected chi connectivity index (χ3v) is 5.17. The van der Waals surface area contributed by atoms with Crippen LogP contribution in [-0.2, 0) is 0 Å². The molecule has 0 bridgehead atoms. The summed E-state index contributed by atoms with van der Waals surface area (Å²) in [5.74, 6) is 0.429. The number of carbonyl (C=O) groups excluding carboxylic acids is 1. The second kappa shape index (κ2) is 6.92. The summed E-state index contributed by atoms with van der Waals surface area (Å²) in [5.41, 5.74) is 3.06. The van der Waals surface area contributed by atoms with Crippen molar-refractivity contribution in [2.75, 3.05) is 5.32 Å². The maximum atomic E-state index is 12.7. The normalized spacial score (nSPS) is 11.3. The van der Waals surface area contributed by atoms with Crippen molar-refractivity contribution in [2.45, 2.75) is 26.7 Å². The van der Waals surface area contributed by atoms with E-state index in [1.807, 2.05) is 49.4 Å². The van der Waals surface area contributed by atoms with E-state index in [2.05, 4.69) is 34.2 Å². The van der Waals surface area contributed by atoms with Crippen molar-refractivity contribution in [3.05, 3.63) is 65.6 Å². The molecular weight excluding hydrogens is 358 g/mol. The third-order valence-electron chi connectivity index (χ3n) is 4.15. The second-order valence-electron chi connectivity index (χ2n) is 6.60. The van der Waals surface area contributed by atoms with Crippen LogP contribution in [0.4, 0.5) is 5.82 Å². The fraction of sp³-hybridized carbons (Fsp3) is 0.200. The summed E-state index contributed by atoms with van der Waals surface area (Å²) in [6.45, 7) is 6.03. The number of aromatic nitrogens is 4. The van der Waals surface area contributed by atoms with Crippen LogP contribution in [0.25, 0.3) is 15.3 Å². The molecule has 0 saturated carbocycles. The van der Waals surface area contributed by atoms with Gasteiger partial charge in [0.05, 0.1) is 15.9 Å². The van der Waals surface area contributed by atoms with Crippen LogP contribution in [0.5, 0.6) is 0 Å². The van der Waals surface area contributed by atoms with E-state index in [0.717, 1.165) is 26.7 Å². The van der Waals surface area contributed by atoms with Crippen molar-refractivity contribution in [1.82, 2.24) is 19.7 Å². The molecule has 1 N–H and O–H groups in total. The average molecular weight is 377 g/mol. The molecular formula is C20H19N5OS. The lowest BCUT2D eigenvalue weighted by atomic mass is 10.1. The molecule has 0 saturated heterocycles. The SMILES string of the molecule is Cc1cccc(NC(=O)c2cc(C(C)C)n(-c3nc4ccccc4s3)n2)n1. The summed E-state index contributed by atoms with van der Waals surface area (Å²) in [5, 5.41) is 8.11. The monoisotopic (exact) mass is 377 g/mol. The fourth-order valence-corrected chi connectivity index (χ4v) is 3.75. The molecule has 0 aliphatic rings. The van der Waals surface area contributed by atoms with Gasteiger partial charge in [-0.3, -0.25) is 4.79 Å². The van der Waals surface area contributed by atoms with E-state index in [1.165, 1.54) is 0 Å². The van der Waals surface area contributed by atoms with Gasteiger partial charge in [-0.25, -0.2) is 14.6 Å². The number of benzene rings is 1. The Morgan fingerprint density at radius 1 is 1.11 bits per heavy atom. The first kappa shape index (κ1) is 17.4. The lowest BCUT2D eigenvalue weighted by Crippen LogP contribution is -2.14. The molecule has 1 amide bonds. The maximum absolute atomic E-state index is 12.7. The third kappa shape index (κ3) is 3.46. The van der Waals surface area contributed by atoms with Gasteiger partial charge in [0.1, 0.15) is 5.82 Å². The minimum absolute atomic E-state index is 0.197.